The van der Waals surface area contributed by atoms with Crippen LogP contribution in [0.3, 0.4) is 0 Å². The Balaban J connectivity index is 2.44. The molecule has 0 saturated carbocycles. The van der Waals surface area contributed by atoms with Crippen molar-refractivity contribution in [3.8, 4) is 0 Å². The highest BCUT2D eigenvalue weighted by molar-refractivity contribution is 7.99. The Morgan fingerprint density at radius 3 is 2.38 bits per heavy atom. The molecule has 16 heavy (non-hydrogen) atoms. The topological polar surface area (TPSA) is 0 Å². The average molecular weight is 236 g/mol. The van der Waals surface area contributed by atoms with Crippen LogP contribution in [0.25, 0.3) is 0 Å². The molecule has 1 unspecified atom stereocenters. The molecule has 0 nitrogen and oxygen atoms in total. The highest BCUT2D eigenvalue weighted by Gasteiger charge is 2.21. The highest BCUT2D eigenvalue weighted by atomic mass is 32.2. The molecule has 0 aromatic heterocycles. The quantitative estimate of drug-likeness (QED) is 0.647. The molecule has 90 valence electrons. The van der Waals surface area contributed by atoms with Crippen molar-refractivity contribution >= 4 is 11.8 Å². The Hall–Kier alpha value is -0.430. The largest absolute Gasteiger partial charge is 0.159 e. The van der Waals surface area contributed by atoms with Crippen molar-refractivity contribution in [1.82, 2.24) is 0 Å². The van der Waals surface area contributed by atoms with Crippen molar-refractivity contribution in [1.29, 1.82) is 0 Å². The number of thioether (sulfide) groups is 1. The van der Waals surface area contributed by atoms with E-state index in [1.807, 2.05) is 11.8 Å². The van der Waals surface area contributed by atoms with Crippen molar-refractivity contribution in [3.05, 3.63) is 35.9 Å². The van der Waals surface area contributed by atoms with Gasteiger partial charge in [0.25, 0.3) is 0 Å². The van der Waals surface area contributed by atoms with Crippen LogP contribution in [0.1, 0.15) is 45.1 Å². The summed E-state index contributed by atoms with van der Waals surface area (Å²) in [5.74, 6) is 0. The van der Waals surface area contributed by atoms with Crippen molar-refractivity contribution < 1.29 is 0 Å². The van der Waals surface area contributed by atoms with Crippen LogP contribution in [0.2, 0.25) is 0 Å². The van der Waals surface area contributed by atoms with Gasteiger partial charge in [-0.3, -0.25) is 0 Å². The minimum absolute atomic E-state index is 0.464. The molecule has 1 heteroatoms. The Labute approximate surface area is 105 Å². The van der Waals surface area contributed by atoms with Crippen molar-refractivity contribution in [3.63, 3.8) is 0 Å². The van der Waals surface area contributed by atoms with E-state index in [0.29, 0.717) is 4.75 Å². The SMILES string of the molecule is CCCCC(C)(CCc1ccccc1)SC. The Kier molecular flexibility index (Phi) is 5.97. The van der Waals surface area contributed by atoms with Gasteiger partial charge in [-0.05, 0) is 31.1 Å². The fourth-order valence-corrected chi connectivity index (χ4v) is 2.59. The van der Waals surface area contributed by atoms with E-state index in [1.165, 1.54) is 37.7 Å². The summed E-state index contributed by atoms with van der Waals surface area (Å²) < 4.78 is 0.464. The molecule has 0 aliphatic carbocycles. The van der Waals surface area contributed by atoms with Gasteiger partial charge in [-0.25, -0.2) is 0 Å². The zero-order valence-electron chi connectivity index (χ0n) is 10.8. The van der Waals surface area contributed by atoms with Crippen LogP contribution in [0, 0.1) is 0 Å². The molecule has 0 N–H and O–H groups in total. The van der Waals surface area contributed by atoms with E-state index in [-0.39, 0.29) is 0 Å². The van der Waals surface area contributed by atoms with Gasteiger partial charge in [-0.15, -0.1) is 0 Å². The summed E-state index contributed by atoms with van der Waals surface area (Å²) >= 11 is 2.03. The first kappa shape index (κ1) is 13.6. The fourth-order valence-electron chi connectivity index (χ4n) is 1.93. The van der Waals surface area contributed by atoms with Crippen molar-refractivity contribution in [2.24, 2.45) is 0 Å². The number of rotatable bonds is 7. The van der Waals surface area contributed by atoms with Gasteiger partial charge in [0, 0.05) is 4.75 Å². The van der Waals surface area contributed by atoms with Gasteiger partial charge in [0.15, 0.2) is 0 Å². The van der Waals surface area contributed by atoms with Crippen molar-refractivity contribution in [2.75, 3.05) is 6.26 Å². The predicted octanol–water partition coefficient (Wildman–Crippen LogP) is 4.93. The number of hydrogen-bond acceptors (Lipinski definition) is 1. The number of benzene rings is 1. The monoisotopic (exact) mass is 236 g/mol. The molecule has 1 atom stereocenters. The van der Waals surface area contributed by atoms with Gasteiger partial charge in [0.05, 0.1) is 0 Å². The summed E-state index contributed by atoms with van der Waals surface area (Å²) in [7, 11) is 0. The molecule has 0 aliphatic heterocycles. The Morgan fingerprint density at radius 2 is 1.81 bits per heavy atom. The van der Waals surface area contributed by atoms with E-state index in [2.05, 4.69) is 50.4 Å². The van der Waals surface area contributed by atoms with Gasteiger partial charge < -0.3 is 0 Å². The smallest absolute Gasteiger partial charge is 0.0132 e. The third kappa shape index (κ3) is 4.61. The molecular formula is C15H24S. The second-order valence-electron chi connectivity index (χ2n) is 4.74. The minimum Gasteiger partial charge on any atom is -0.159 e. The molecule has 0 saturated heterocycles. The maximum Gasteiger partial charge on any atom is 0.0132 e. The van der Waals surface area contributed by atoms with Crippen LogP contribution in [0.5, 0.6) is 0 Å². The summed E-state index contributed by atoms with van der Waals surface area (Å²) in [5, 5.41) is 0. The lowest BCUT2D eigenvalue weighted by Crippen LogP contribution is -2.20. The first-order chi connectivity index (χ1) is 7.70. The zero-order chi connectivity index (χ0) is 11.9. The van der Waals surface area contributed by atoms with Gasteiger partial charge in [-0.2, -0.15) is 11.8 Å². The molecule has 0 spiro atoms. The maximum absolute atomic E-state index is 2.41. The predicted molar refractivity (Wildman–Crippen MR) is 76.2 cm³/mol. The Morgan fingerprint density at radius 1 is 1.12 bits per heavy atom. The molecule has 0 aliphatic rings. The summed E-state index contributed by atoms with van der Waals surface area (Å²) in [5.41, 5.74) is 1.47. The zero-order valence-corrected chi connectivity index (χ0v) is 11.6. The lowest BCUT2D eigenvalue weighted by Gasteiger charge is -2.27. The van der Waals surface area contributed by atoms with E-state index in [9.17, 15) is 0 Å². The van der Waals surface area contributed by atoms with E-state index in [0.717, 1.165) is 0 Å². The second kappa shape index (κ2) is 7.01. The van der Waals surface area contributed by atoms with Crippen LogP contribution < -0.4 is 0 Å². The lowest BCUT2D eigenvalue weighted by molar-refractivity contribution is 0.518. The van der Waals surface area contributed by atoms with Crippen LogP contribution in [0.4, 0.5) is 0 Å². The summed E-state index contributed by atoms with van der Waals surface area (Å²) in [6.45, 7) is 4.69. The van der Waals surface area contributed by atoms with Gasteiger partial charge in [-0.1, -0.05) is 57.0 Å². The summed E-state index contributed by atoms with van der Waals surface area (Å²) in [4.78, 5) is 0. The summed E-state index contributed by atoms with van der Waals surface area (Å²) in [6, 6.07) is 10.8. The maximum atomic E-state index is 2.41. The molecular weight excluding hydrogens is 212 g/mol. The van der Waals surface area contributed by atoms with Gasteiger partial charge in [0.2, 0.25) is 0 Å². The number of aryl methyl sites for hydroxylation is 1. The summed E-state index contributed by atoms with van der Waals surface area (Å²) in [6.07, 6.45) is 8.76. The molecule has 0 radical (unpaired) electrons. The minimum atomic E-state index is 0.464. The molecule has 0 fully saturated rings. The third-order valence-corrected chi connectivity index (χ3v) is 4.73. The van der Waals surface area contributed by atoms with E-state index in [4.69, 9.17) is 0 Å². The number of hydrogen-bond donors (Lipinski definition) is 0. The molecule has 1 aromatic rings. The first-order valence-corrected chi connectivity index (χ1v) is 7.52. The normalized spacial score (nSPS) is 14.7. The van der Waals surface area contributed by atoms with E-state index < -0.39 is 0 Å². The highest BCUT2D eigenvalue weighted by Crippen LogP contribution is 2.33. The second-order valence-corrected chi connectivity index (χ2v) is 6.14. The van der Waals surface area contributed by atoms with Crippen LogP contribution in [0.15, 0.2) is 30.3 Å². The average Bonchev–Trinajstić information content (AvgIpc) is 2.35. The van der Waals surface area contributed by atoms with Gasteiger partial charge in [0.1, 0.15) is 0 Å². The van der Waals surface area contributed by atoms with Crippen LogP contribution in [-0.4, -0.2) is 11.0 Å². The molecule has 1 aromatic carbocycles. The van der Waals surface area contributed by atoms with Gasteiger partial charge >= 0.3 is 0 Å². The standard InChI is InChI=1S/C15H24S/c1-4-5-12-15(2,16-3)13-11-14-9-7-6-8-10-14/h6-10H,4-5,11-13H2,1-3H3. The Bertz CT molecular complexity index is 281. The lowest BCUT2D eigenvalue weighted by atomic mass is 9.95. The third-order valence-electron chi connectivity index (χ3n) is 3.34. The van der Waals surface area contributed by atoms with Crippen LogP contribution >= 0.6 is 11.8 Å². The molecule has 0 amide bonds. The van der Waals surface area contributed by atoms with Crippen LogP contribution in [-0.2, 0) is 6.42 Å². The number of unbranched alkanes of at least 4 members (excludes halogenated alkanes) is 1. The van der Waals surface area contributed by atoms with E-state index in [1.54, 1.807) is 0 Å². The fraction of sp³-hybridized carbons (Fsp3) is 0.600. The molecule has 0 heterocycles. The first-order valence-electron chi connectivity index (χ1n) is 6.29. The van der Waals surface area contributed by atoms with Crippen molar-refractivity contribution in [2.45, 2.75) is 50.7 Å². The molecule has 0 bridgehead atoms. The molecule has 1 rings (SSSR count). The van der Waals surface area contributed by atoms with E-state index >= 15 is 0 Å².